The molecule has 0 spiro atoms. The smallest absolute Gasteiger partial charge is 0.289 e. The molecule has 6 nitrogen and oxygen atoms in total. The van der Waals surface area contributed by atoms with Crippen LogP contribution in [0, 0.1) is 11.3 Å². The molecule has 2 aliphatic carbocycles. The van der Waals surface area contributed by atoms with Crippen LogP contribution in [0.4, 0.5) is 0 Å². The zero-order valence-electron chi connectivity index (χ0n) is 15.0. The summed E-state index contributed by atoms with van der Waals surface area (Å²) in [5.74, 6) is 2.33. The third-order valence-electron chi connectivity index (χ3n) is 6.20. The summed E-state index contributed by atoms with van der Waals surface area (Å²) >= 11 is 0. The van der Waals surface area contributed by atoms with Gasteiger partial charge < -0.3 is 19.5 Å². The molecule has 0 radical (unpaired) electrons. The predicted molar refractivity (Wildman–Crippen MR) is 96.6 cm³/mol. The van der Waals surface area contributed by atoms with Crippen LogP contribution in [-0.4, -0.2) is 61.4 Å². The van der Waals surface area contributed by atoms with Crippen molar-refractivity contribution in [3.05, 3.63) is 24.2 Å². The number of nitrogens with one attached hydrogen (secondary N) is 1. The molecule has 1 amide bonds. The summed E-state index contributed by atoms with van der Waals surface area (Å²) in [4.78, 5) is 21.0. The minimum atomic E-state index is -0.0187. The van der Waals surface area contributed by atoms with Gasteiger partial charge in [0.2, 0.25) is 0 Å². The topological polar surface area (TPSA) is 61.1 Å². The first-order chi connectivity index (χ1) is 12.2. The Morgan fingerprint density at radius 1 is 1.28 bits per heavy atom. The van der Waals surface area contributed by atoms with Crippen molar-refractivity contribution in [2.45, 2.75) is 32.1 Å². The molecule has 1 aromatic heterocycles. The number of carbonyl (C=O) groups excluding carboxylic acids is 1. The monoisotopic (exact) mass is 344 g/mol. The molecule has 25 heavy (non-hydrogen) atoms. The van der Waals surface area contributed by atoms with E-state index in [1.165, 1.54) is 32.1 Å². The van der Waals surface area contributed by atoms with Crippen LogP contribution in [0.5, 0.6) is 0 Å². The second-order valence-electron chi connectivity index (χ2n) is 7.65. The predicted octanol–water partition coefficient (Wildman–Crippen LogP) is 2.19. The molecule has 6 heteroatoms. The summed E-state index contributed by atoms with van der Waals surface area (Å²) in [5.41, 5.74) is 0.535. The maximum Gasteiger partial charge on any atom is 0.289 e. The lowest BCUT2D eigenvalue weighted by Crippen LogP contribution is -2.55. The van der Waals surface area contributed by atoms with Gasteiger partial charge in [-0.2, -0.15) is 0 Å². The molecule has 0 unspecified atom stereocenters. The van der Waals surface area contributed by atoms with E-state index < -0.39 is 0 Å². The van der Waals surface area contributed by atoms with Gasteiger partial charge in [-0.3, -0.25) is 9.79 Å². The lowest BCUT2D eigenvalue weighted by Gasteiger charge is -2.44. The Bertz CT molecular complexity index is 624. The largest absolute Gasteiger partial charge is 0.459 e. The van der Waals surface area contributed by atoms with E-state index in [1.807, 2.05) is 11.9 Å². The van der Waals surface area contributed by atoms with Crippen molar-refractivity contribution in [2.75, 3.05) is 39.8 Å². The van der Waals surface area contributed by atoms with E-state index in [1.54, 1.807) is 18.4 Å². The van der Waals surface area contributed by atoms with Crippen molar-refractivity contribution in [3.63, 3.8) is 0 Å². The zero-order chi connectivity index (χ0) is 17.3. The summed E-state index contributed by atoms with van der Waals surface area (Å²) in [6.07, 6.45) is 8.48. The molecule has 4 rings (SSSR count). The third kappa shape index (κ3) is 3.26. The van der Waals surface area contributed by atoms with E-state index in [4.69, 9.17) is 4.42 Å². The fourth-order valence-electron chi connectivity index (χ4n) is 4.32. The van der Waals surface area contributed by atoms with Gasteiger partial charge >= 0.3 is 0 Å². The number of nitrogens with zero attached hydrogens (tertiary/aromatic N) is 3. The van der Waals surface area contributed by atoms with Crippen molar-refractivity contribution in [1.29, 1.82) is 0 Å². The molecule has 1 aliphatic heterocycles. The fraction of sp³-hybridized carbons (Fsp3) is 0.684. The van der Waals surface area contributed by atoms with Crippen molar-refractivity contribution in [1.82, 2.24) is 15.1 Å². The van der Waals surface area contributed by atoms with Gasteiger partial charge in [0, 0.05) is 39.8 Å². The van der Waals surface area contributed by atoms with Gasteiger partial charge in [-0.1, -0.05) is 6.42 Å². The van der Waals surface area contributed by atoms with E-state index in [2.05, 4.69) is 15.2 Å². The van der Waals surface area contributed by atoms with Gasteiger partial charge in [-0.15, -0.1) is 0 Å². The molecule has 1 aromatic rings. The third-order valence-corrected chi connectivity index (χ3v) is 6.20. The van der Waals surface area contributed by atoms with Crippen molar-refractivity contribution in [2.24, 2.45) is 16.3 Å². The second kappa shape index (κ2) is 6.73. The Labute approximate surface area is 149 Å². The number of hydrogen-bond acceptors (Lipinski definition) is 3. The number of rotatable bonds is 4. The van der Waals surface area contributed by atoms with Crippen LogP contribution < -0.4 is 5.32 Å². The van der Waals surface area contributed by atoms with Crippen LogP contribution in [-0.2, 0) is 0 Å². The molecule has 0 bridgehead atoms. The van der Waals surface area contributed by atoms with Gasteiger partial charge in [0.25, 0.3) is 5.91 Å². The molecule has 0 atom stereocenters. The Morgan fingerprint density at radius 2 is 2.00 bits per heavy atom. The molecule has 3 fully saturated rings. The minimum absolute atomic E-state index is 0.0187. The second-order valence-corrected chi connectivity index (χ2v) is 7.65. The quantitative estimate of drug-likeness (QED) is 0.672. The molecular weight excluding hydrogens is 316 g/mol. The standard InChI is InChI=1S/C19H28N4O2/c1-20-18(21-14-19(7-3-8-19)15-5-6-15)23-11-9-22(10-12-23)17(24)16-4-2-13-25-16/h2,4,13,15H,3,5-12,14H2,1H3,(H,20,21). The highest BCUT2D eigenvalue weighted by molar-refractivity contribution is 5.91. The normalized spacial score (nSPS) is 23.3. The number of amides is 1. The lowest BCUT2D eigenvalue weighted by atomic mass is 9.65. The van der Waals surface area contributed by atoms with Gasteiger partial charge in [0.15, 0.2) is 11.7 Å². The van der Waals surface area contributed by atoms with Crippen molar-refractivity contribution < 1.29 is 9.21 Å². The minimum Gasteiger partial charge on any atom is -0.459 e. The van der Waals surface area contributed by atoms with Crippen LogP contribution >= 0.6 is 0 Å². The first-order valence-electron chi connectivity index (χ1n) is 9.50. The number of carbonyl (C=O) groups is 1. The summed E-state index contributed by atoms with van der Waals surface area (Å²) in [6.45, 7) is 4.07. The molecule has 2 saturated carbocycles. The number of furan rings is 1. The van der Waals surface area contributed by atoms with E-state index in [0.717, 1.165) is 31.5 Å². The SMILES string of the molecule is CN=C(NCC1(C2CC2)CCC1)N1CCN(C(=O)c2ccco2)CC1. The van der Waals surface area contributed by atoms with Gasteiger partial charge in [0.05, 0.1) is 6.26 Å². The van der Waals surface area contributed by atoms with Crippen LogP contribution in [0.25, 0.3) is 0 Å². The Kier molecular flexibility index (Phi) is 4.44. The van der Waals surface area contributed by atoms with Crippen molar-refractivity contribution >= 4 is 11.9 Å². The summed E-state index contributed by atoms with van der Waals surface area (Å²) in [5, 5.41) is 3.63. The van der Waals surface area contributed by atoms with Crippen LogP contribution in [0.15, 0.2) is 27.8 Å². The highest BCUT2D eigenvalue weighted by atomic mass is 16.3. The molecule has 0 aromatic carbocycles. The first-order valence-corrected chi connectivity index (χ1v) is 9.50. The Hall–Kier alpha value is -1.98. The molecule has 136 valence electrons. The van der Waals surface area contributed by atoms with Crippen LogP contribution in [0.2, 0.25) is 0 Å². The van der Waals surface area contributed by atoms with E-state index >= 15 is 0 Å². The summed E-state index contributed by atoms with van der Waals surface area (Å²) in [7, 11) is 1.85. The molecular formula is C19H28N4O2. The maximum atomic E-state index is 12.4. The van der Waals surface area contributed by atoms with Gasteiger partial charge in [-0.25, -0.2) is 0 Å². The maximum absolute atomic E-state index is 12.4. The lowest BCUT2D eigenvalue weighted by molar-refractivity contribution is 0.0654. The Morgan fingerprint density at radius 3 is 2.52 bits per heavy atom. The van der Waals surface area contributed by atoms with E-state index in [-0.39, 0.29) is 5.91 Å². The van der Waals surface area contributed by atoms with E-state index in [0.29, 0.717) is 24.3 Å². The molecule has 1 saturated heterocycles. The number of hydrogen-bond donors (Lipinski definition) is 1. The highest BCUT2D eigenvalue weighted by Gasteiger charge is 2.48. The zero-order valence-corrected chi connectivity index (χ0v) is 15.0. The Balaban J connectivity index is 1.29. The van der Waals surface area contributed by atoms with E-state index in [9.17, 15) is 4.79 Å². The summed E-state index contributed by atoms with van der Waals surface area (Å²) < 4.78 is 5.23. The average Bonchev–Trinajstić information content (AvgIpc) is 3.30. The molecule has 1 N–H and O–H groups in total. The number of guanidine groups is 1. The molecule has 3 aliphatic rings. The number of aliphatic imine (C=N–C) groups is 1. The number of piperazine rings is 1. The van der Waals surface area contributed by atoms with Gasteiger partial charge in [0.1, 0.15) is 0 Å². The fourth-order valence-corrected chi connectivity index (χ4v) is 4.32. The highest BCUT2D eigenvalue weighted by Crippen LogP contribution is 2.56. The first kappa shape index (κ1) is 16.5. The van der Waals surface area contributed by atoms with Crippen LogP contribution in [0.3, 0.4) is 0 Å². The average molecular weight is 344 g/mol. The summed E-state index contributed by atoms with van der Waals surface area (Å²) in [6, 6.07) is 3.48. The van der Waals surface area contributed by atoms with Crippen molar-refractivity contribution in [3.8, 4) is 0 Å². The van der Waals surface area contributed by atoms with Gasteiger partial charge in [-0.05, 0) is 49.1 Å². The van der Waals surface area contributed by atoms with Crippen LogP contribution in [0.1, 0.15) is 42.7 Å². The molecule has 2 heterocycles.